The van der Waals surface area contributed by atoms with Crippen molar-refractivity contribution in [3.8, 4) is 11.5 Å². The zero-order valence-electron chi connectivity index (χ0n) is 16.4. The van der Waals surface area contributed by atoms with E-state index in [2.05, 4.69) is 34.9 Å². The molecule has 0 aliphatic carbocycles. The van der Waals surface area contributed by atoms with Crippen molar-refractivity contribution >= 4 is 29.2 Å². The van der Waals surface area contributed by atoms with E-state index in [4.69, 9.17) is 21.7 Å². The number of rotatable bonds is 7. The van der Waals surface area contributed by atoms with Gasteiger partial charge < -0.3 is 14.8 Å². The van der Waals surface area contributed by atoms with Gasteiger partial charge in [-0.2, -0.15) is 5.10 Å². The first-order valence-corrected chi connectivity index (χ1v) is 9.57. The molecule has 0 saturated heterocycles. The Morgan fingerprint density at radius 3 is 2.52 bits per heavy atom. The molecule has 0 saturated carbocycles. The lowest BCUT2D eigenvalue weighted by Crippen LogP contribution is -2.23. The van der Waals surface area contributed by atoms with E-state index < -0.39 is 0 Å². The van der Waals surface area contributed by atoms with Crippen LogP contribution in [-0.2, 0) is 6.61 Å². The summed E-state index contributed by atoms with van der Waals surface area (Å²) >= 11 is 5.23. The zero-order chi connectivity index (χ0) is 20.5. The Hall–Kier alpha value is -3.38. The van der Waals surface area contributed by atoms with Crippen LogP contribution < -0.4 is 20.2 Å². The minimum atomic E-state index is 0.414. The molecule has 0 unspecified atom stereocenters. The van der Waals surface area contributed by atoms with Crippen molar-refractivity contribution in [3.05, 3.63) is 89.5 Å². The monoisotopic (exact) mass is 405 g/mol. The molecule has 0 amide bonds. The molecule has 0 fully saturated rings. The first-order chi connectivity index (χ1) is 14.2. The van der Waals surface area contributed by atoms with Gasteiger partial charge in [-0.15, -0.1) is 0 Å². The molecule has 3 aromatic rings. The summed E-state index contributed by atoms with van der Waals surface area (Å²) in [5, 5.41) is 7.65. The highest BCUT2D eigenvalue weighted by Crippen LogP contribution is 2.28. The third-order valence-corrected chi connectivity index (χ3v) is 4.44. The van der Waals surface area contributed by atoms with E-state index in [-0.39, 0.29) is 0 Å². The Balaban J connectivity index is 1.58. The summed E-state index contributed by atoms with van der Waals surface area (Å²) in [4.78, 5) is 0. The highest BCUT2D eigenvalue weighted by molar-refractivity contribution is 7.80. The Kier molecular flexibility index (Phi) is 7.19. The van der Waals surface area contributed by atoms with E-state index in [0.29, 0.717) is 23.2 Å². The fourth-order valence-corrected chi connectivity index (χ4v) is 2.83. The Morgan fingerprint density at radius 1 is 1.00 bits per heavy atom. The highest BCUT2D eigenvalue weighted by Gasteiger charge is 2.06. The second-order valence-corrected chi connectivity index (χ2v) is 6.72. The van der Waals surface area contributed by atoms with E-state index in [1.54, 1.807) is 13.3 Å². The van der Waals surface area contributed by atoms with Crippen LogP contribution in [0.15, 0.2) is 77.9 Å². The lowest BCUT2D eigenvalue weighted by atomic mass is 10.1. The standard InChI is InChI=1S/C23H23N3O2S/c1-17-8-6-7-9-19(17)16-28-21-13-12-18(14-22(21)27-2)15-24-26-23(29)25-20-10-4-3-5-11-20/h3-15H,16H2,1-2H3,(H2,25,26,29)/b24-15+. The number of nitrogens with zero attached hydrogens (tertiary/aromatic N) is 1. The minimum Gasteiger partial charge on any atom is -0.493 e. The number of anilines is 1. The van der Waals surface area contributed by atoms with Gasteiger partial charge in [0, 0.05) is 5.69 Å². The second kappa shape index (κ2) is 10.2. The molecule has 29 heavy (non-hydrogen) atoms. The van der Waals surface area contributed by atoms with Crippen molar-refractivity contribution < 1.29 is 9.47 Å². The van der Waals surface area contributed by atoms with E-state index in [1.807, 2.05) is 60.7 Å². The molecule has 2 N–H and O–H groups in total. The highest BCUT2D eigenvalue weighted by atomic mass is 32.1. The molecule has 3 rings (SSSR count). The Bertz CT molecular complexity index is 990. The van der Waals surface area contributed by atoms with Crippen molar-refractivity contribution in [1.82, 2.24) is 5.43 Å². The molecular weight excluding hydrogens is 382 g/mol. The van der Waals surface area contributed by atoms with E-state index in [0.717, 1.165) is 16.8 Å². The van der Waals surface area contributed by atoms with Gasteiger partial charge in [0.2, 0.25) is 0 Å². The largest absolute Gasteiger partial charge is 0.493 e. The van der Waals surface area contributed by atoms with Crippen LogP contribution in [-0.4, -0.2) is 18.4 Å². The summed E-state index contributed by atoms with van der Waals surface area (Å²) in [5.41, 5.74) is 6.90. The second-order valence-electron chi connectivity index (χ2n) is 6.32. The molecule has 5 nitrogen and oxygen atoms in total. The van der Waals surface area contributed by atoms with Crippen molar-refractivity contribution in [2.24, 2.45) is 5.10 Å². The summed E-state index contributed by atoms with van der Waals surface area (Å²) in [5.74, 6) is 1.33. The first-order valence-electron chi connectivity index (χ1n) is 9.16. The quantitative estimate of drug-likeness (QED) is 0.333. The van der Waals surface area contributed by atoms with Crippen LogP contribution in [0.2, 0.25) is 0 Å². The van der Waals surface area contributed by atoms with Gasteiger partial charge in [-0.25, -0.2) is 0 Å². The van der Waals surface area contributed by atoms with Crippen LogP contribution in [0.3, 0.4) is 0 Å². The summed E-state index contributed by atoms with van der Waals surface area (Å²) in [6, 6.07) is 23.5. The van der Waals surface area contributed by atoms with Gasteiger partial charge in [-0.3, -0.25) is 5.43 Å². The van der Waals surface area contributed by atoms with Crippen LogP contribution in [0.5, 0.6) is 11.5 Å². The van der Waals surface area contributed by atoms with Crippen molar-refractivity contribution in [2.45, 2.75) is 13.5 Å². The molecular formula is C23H23N3O2S. The molecule has 0 aliphatic heterocycles. The van der Waals surface area contributed by atoms with Gasteiger partial charge in [0.15, 0.2) is 16.6 Å². The van der Waals surface area contributed by atoms with Gasteiger partial charge in [-0.05, 0) is 66.2 Å². The summed E-state index contributed by atoms with van der Waals surface area (Å²) in [7, 11) is 1.62. The van der Waals surface area contributed by atoms with Crippen LogP contribution in [0, 0.1) is 6.92 Å². The number of para-hydroxylation sites is 1. The lowest BCUT2D eigenvalue weighted by Gasteiger charge is -2.12. The number of hydrazone groups is 1. The molecule has 3 aromatic carbocycles. The average Bonchev–Trinajstić information content (AvgIpc) is 2.74. The molecule has 0 spiro atoms. The zero-order valence-corrected chi connectivity index (χ0v) is 17.2. The molecule has 148 valence electrons. The number of hydrogen-bond donors (Lipinski definition) is 2. The van der Waals surface area contributed by atoms with Crippen molar-refractivity contribution in [1.29, 1.82) is 0 Å². The third kappa shape index (κ3) is 6.05. The third-order valence-electron chi connectivity index (χ3n) is 4.24. The van der Waals surface area contributed by atoms with E-state index in [9.17, 15) is 0 Å². The number of benzene rings is 3. The predicted octanol–water partition coefficient (Wildman–Crippen LogP) is 4.90. The van der Waals surface area contributed by atoms with E-state index >= 15 is 0 Å². The van der Waals surface area contributed by atoms with Crippen LogP contribution in [0.4, 0.5) is 5.69 Å². The van der Waals surface area contributed by atoms with Gasteiger partial charge in [-0.1, -0.05) is 42.5 Å². The molecule has 0 radical (unpaired) electrons. The fraction of sp³-hybridized carbons (Fsp3) is 0.130. The maximum absolute atomic E-state index is 5.94. The summed E-state index contributed by atoms with van der Waals surface area (Å²) < 4.78 is 11.4. The van der Waals surface area contributed by atoms with Crippen molar-refractivity contribution in [3.63, 3.8) is 0 Å². The number of thiocarbonyl (C=S) groups is 1. The molecule has 0 bridgehead atoms. The molecule has 0 heterocycles. The molecule has 0 aromatic heterocycles. The SMILES string of the molecule is COc1cc(/C=N/NC(=S)Nc2ccccc2)ccc1OCc1ccccc1C. The molecule has 0 atom stereocenters. The van der Waals surface area contributed by atoms with Gasteiger partial charge in [0.05, 0.1) is 13.3 Å². The van der Waals surface area contributed by atoms with Gasteiger partial charge >= 0.3 is 0 Å². The van der Waals surface area contributed by atoms with Gasteiger partial charge in [0.1, 0.15) is 6.61 Å². The molecule has 6 heteroatoms. The number of hydrogen-bond acceptors (Lipinski definition) is 4. The maximum atomic E-state index is 5.94. The number of ether oxygens (including phenoxy) is 2. The fourth-order valence-electron chi connectivity index (χ4n) is 2.66. The maximum Gasteiger partial charge on any atom is 0.191 e. The topological polar surface area (TPSA) is 54.9 Å². The minimum absolute atomic E-state index is 0.414. The number of methoxy groups -OCH3 is 1. The first kappa shape index (κ1) is 20.4. The van der Waals surface area contributed by atoms with Gasteiger partial charge in [0.25, 0.3) is 0 Å². The Morgan fingerprint density at radius 2 is 1.76 bits per heavy atom. The summed E-state index contributed by atoms with van der Waals surface area (Å²) in [6.07, 6.45) is 1.67. The number of nitrogens with one attached hydrogen (secondary N) is 2. The molecule has 0 aliphatic rings. The van der Waals surface area contributed by atoms with Crippen LogP contribution >= 0.6 is 12.2 Å². The van der Waals surface area contributed by atoms with Crippen LogP contribution in [0.25, 0.3) is 0 Å². The Labute approximate surface area is 176 Å². The predicted molar refractivity (Wildman–Crippen MR) is 122 cm³/mol. The normalized spacial score (nSPS) is 10.6. The summed E-state index contributed by atoms with van der Waals surface area (Å²) in [6.45, 7) is 2.55. The average molecular weight is 406 g/mol. The number of aryl methyl sites for hydroxylation is 1. The lowest BCUT2D eigenvalue weighted by molar-refractivity contribution is 0.284. The van der Waals surface area contributed by atoms with Crippen molar-refractivity contribution in [2.75, 3.05) is 12.4 Å². The smallest absolute Gasteiger partial charge is 0.191 e. The van der Waals surface area contributed by atoms with E-state index in [1.165, 1.54) is 5.56 Å². The van der Waals surface area contributed by atoms with Crippen LogP contribution in [0.1, 0.15) is 16.7 Å².